The SMILES string of the molecule is CN1C(=O)C(NC(=O)c2nn(Cc3cncc(C#N)c3)cc2F)COc2cccnc21. The lowest BCUT2D eigenvalue weighted by Gasteiger charge is -2.19. The van der Waals surface area contributed by atoms with E-state index in [2.05, 4.69) is 20.4 Å². The Labute approximate surface area is 175 Å². The molecule has 1 N–H and O–H groups in total. The van der Waals surface area contributed by atoms with Crippen LogP contribution in [0.2, 0.25) is 0 Å². The Morgan fingerprint density at radius 2 is 2.29 bits per heavy atom. The summed E-state index contributed by atoms with van der Waals surface area (Å²) < 4.78 is 21.2. The summed E-state index contributed by atoms with van der Waals surface area (Å²) in [5.41, 5.74) is 0.516. The van der Waals surface area contributed by atoms with Crippen LogP contribution in [0.4, 0.5) is 10.2 Å². The van der Waals surface area contributed by atoms with Crippen LogP contribution in [0.15, 0.2) is 43.0 Å². The van der Waals surface area contributed by atoms with Gasteiger partial charge in [0, 0.05) is 25.6 Å². The zero-order valence-electron chi connectivity index (χ0n) is 16.3. The van der Waals surface area contributed by atoms with Crippen molar-refractivity contribution in [3.63, 3.8) is 0 Å². The molecule has 0 spiro atoms. The molecule has 1 aliphatic heterocycles. The molecule has 3 aromatic heterocycles. The van der Waals surface area contributed by atoms with Gasteiger partial charge in [0.1, 0.15) is 18.7 Å². The molecule has 0 saturated heterocycles. The fourth-order valence-corrected chi connectivity index (χ4v) is 3.11. The van der Waals surface area contributed by atoms with Gasteiger partial charge in [-0.2, -0.15) is 10.4 Å². The first-order valence-corrected chi connectivity index (χ1v) is 9.19. The maximum Gasteiger partial charge on any atom is 0.275 e. The number of anilines is 1. The molecule has 11 heteroatoms. The molecular weight excluding hydrogens is 405 g/mol. The number of likely N-dealkylation sites (N-methyl/N-ethyl adjacent to an activating group) is 1. The van der Waals surface area contributed by atoms with Gasteiger partial charge < -0.3 is 10.1 Å². The number of carbonyl (C=O) groups excluding carboxylic acids is 2. The lowest BCUT2D eigenvalue weighted by molar-refractivity contribution is -0.120. The predicted molar refractivity (Wildman–Crippen MR) is 105 cm³/mol. The van der Waals surface area contributed by atoms with Crippen molar-refractivity contribution >= 4 is 17.6 Å². The highest BCUT2D eigenvalue weighted by atomic mass is 19.1. The Morgan fingerprint density at radius 1 is 1.45 bits per heavy atom. The predicted octanol–water partition coefficient (Wildman–Crippen LogP) is 0.886. The van der Waals surface area contributed by atoms with Gasteiger partial charge in [-0.15, -0.1) is 0 Å². The summed E-state index contributed by atoms with van der Waals surface area (Å²) in [4.78, 5) is 34.6. The van der Waals surface area contributed by atoms with Crippen LogP contribution in [0.3, 0.4) is 0 Å². The topological polar surface area (TPSA) is 126 Å². The Kier molecular flexibility index (Phi) is 5.28. The zero-order chi connectivity index (χ0) is 22.0. The number of rotatable bonds is 4. The third-order valence-electron chi connectivity index (χ3n) is 4.61. The van der Waals surface area contributed by atoms with Gasteiger partial charge in [0.15, 0.2) is 23.1 Å². The fraction of sp³-hybridized carbons (Fsp3) is 0.200. The first-order chi connectivity index (χ1) is 15.0. The third kappa shape index (κ3) is 4.04. The van der Waals surface area contributed by atoms with Crippen molar-refractivity contribution in [2.45, 2.75) is 12.6 Å². The number of nitrogens with zero attached hydrogens (tertiary/aromatic N) is 6. The minimum atomic E-state index is -1.05. The molecule has 1 aliphatic rings. The molecule has 0 radical (unpaired) electrons. The highest BCUT2D eigenvalue weighted by molar-refractivity contribution is 6.02. The van der Waals surface area contributed by atoms with Gasteiger partial charge in [-0.1, -0.05) is 0 Å². The van der Waals surface area contributed by atoms with Crippen LogP contribution in [-0.2, 0) is 11.3 Å². The van der Waals surface area contributed by atoms with Crippen molar-refractivity contribution in [2.75, 3.05) is 18.6 Å². The van der Waals surface area contributed by atoms with Gasteiger partial charge in [0.05, 0.1) is 18.3 Å². The van der Waals surface area contributed by atoms with Gasteiger partial charge >= 0.3 is 0 Å². The molecule has 156 valence electrons. The maximum absolute atomic E-state index is 14.4. The summed E-state index contributed by atoms with van der Waals surface area (Å²) in [6.45, 7) is -0.0234. The highest BCUT2D eigenvalue weighted by Gasteiger charge is 2.32. The second-order valence-corrected chi connectivity index (χ2v) is 6.78. The fourth-order valence-electron chi connectivity index (χ4n) is 3.11. The van der Waals surface area contributed by atoms with E-state index < -0.39 is 29.4 Å². The van der Waals surface area contributed by atoms with Gasteiger partial charge in [-0.25, -0.2) is 9.37 Å². The Balaban J connectivity index is 1.49. The van der Waals surface area contributed by atoms with E-state index in [1.807, 2.05) is 6.07 Å². The lowest BCUT2D eigenvalue weighted by atomic mass is 10.2. The molecule has 3 aromatic rings. The van der Waals surface area contributed by atoms with Crippen LogP contribution < -0.4 is 15.0 Å². The highest BCUT2D eigenvalue weighted by Crippen LogP contribution is 2.27. The van der Waals surface area contributed by atoms with E-state index in [9.17, 15) is 14.0 Å². The summed E-state index contributed by atoms with van der Waals surface area (Å²) in [6, 6.07) is 5.84. The normalized spacial score (nSPS) is 15.5. The third-order valence-corrected chi connectivity index (χ3v) is 4.61. The van der Waals surface area contributed by atoms with Crippen molar-refractivity contribution in [1.29, 1.82) is 5.26 Å². The van der Waals surface area contributed by atoms with Crippen molar-refractivity contribution in [3.8, 4) is 11.8 Å². The average molecular weight is 421 g/mol. The van der Waals surface area contributed by atoms with Crippen LogP contribution in [0.5, 0.6) is 5.75 Å². The van der Waals surface area contributed by atoms with Crippen LogP contribution in [0, 0.1) is 17.1 Å². The number of carbonyl (C=O) groups is 2. The molecule has 0 aliphatic carbocycles. The van der Waals surface area contributed by atoms with E-state index >= 15 is 0 Å². The minimum absolute atomic E-state index is 0.113. The minimum Gasteiger partial charge on any atom is -0.487 e. The molecule has 0 fully saturated rings. The smallest absolute Gasteiger partial charge is 0.275 e. The Bertz CT molecular complexity index is 1200. The number of hydrogen-bond acceptors (Lipinski definition) is 7. The quantitative estimate of drug-likeness (QED) is 0.663. The van der Waals surface area contributed by atoms with E-state index in [0.717, 1.165) is 6.20 Å². The summed E-state index contributed by atoms with van der Waals surface area (Å²) in [5.74, 6) is -1.42. The van der Waals surface area contributed by atoms with Crippen LogP contribution in [0.25, 0.3) is 0 Å². The molecule has 2 amide bonds. The standard InChI is InChI=1S/C20H16FN7O3/c1-27-18-16(3-2-4-24-18)31-11-15(20(27)30)25-19(29)17-14(21)10-28(26-17)9-13-5-12(6-22)7-23-8-13/h2-5,7-8,10,15H,9,11H2,1H3,(H,25,29). The molecule has 10 nitrogen and oxygen atoms in total. The number of halogens is 1. The molecule has 0 bridgehead atoms. The van der Waals surface area contributed by atoms with Crippen molar-refractivity contribution in [1.82, 2.24) is 25.1 Å². The summed E-state index contributed by atoms with van der Waals surface area (Å²) in [7, 11) is 1.51. The second-order valence-electron chi connectivity index (χ2n) is 6.78. The van der Waals surface area contributed by atoms with Gasteiger partial charge in [0.2, 0.25) is 0 Å². The summed E-state index contributed by atoms with van der Waals surface area (Å²) >= 11 is 0. The second kappa shape index (κ2) is 8.19. The van der Waals surface area contributed by atoms with Gasteiger partial charge in [-0.05, 0) is 23.8 Å². The molecule has 0 aromatic carbocycles. The lowest BCUT2D eigenvalue weighted by Crippen LogP contribution is -2.49. The largest absolute Gasteiger partial charge is 0.487 e. The number of ether oxygens (including phenoxy) is 1. The van der Waals surface area contributed by atoms with Crippen molar-refractivity contribution in [3.05, 3.63) is 65.6 Å². The van der Waals surface area contributed by atoms with E-state index in [-0.39, 0.29) is 13.2 Å². The molecule has 0 saturated carbocycles. The summed E-state index contributed by atoms with van der Waals surface area (Å²) in [6.07, 6.45) is 5.51. The van der Waals surface area contributed by atoms with E-state index in [1.54, 1.807) is 18.2 Å². The van der Waals surface area contributed by atoms with Crippen molar-refractivity contribution < 1.29 is 18.7 Å². The number of pyridine rings is 2. The van der Waals surface area contributed by atoms with Crippen LogP contribution in [-0.4, -0.2) is 51.3 Å². The average Bonchev–Trinajstić information content (AvgIpc) is 3.10. The first-order valence-electron chi connectivity index (χ1n) is 9.19. The molecular formula is C20H16FN7O3. The number of nitrogens with one attached hydrogen (secondary N) is 1. The molecule has 31 heavy (non-hydrogen) atoms. The number of amides is 2. The maximum atomic E-state index is 14.4. The van der Waals surface area contributed by atoms with Gasteiger partial charge in [0.25, 0.3) is 11.8 Å². The Morgan fingerprint density at radius 3 is 3.10 bits per heavy atom. The number of aromatic nitrogens is 4. The number of nitriles is 1. The van der Waals surface area contributed by atoms with Crippen LogP contribution in [0.1, 0.15) is 21.6 Å². The van der Waals surface area contributed by atoms with Gasteiger partial charge in [-0.3, -0.25) is 24.2 Å². The molecule has 1 unspecified atom stereocenters. The number of hydrogen-bond donors (Lipinski definition) is 1. The van der Waals surface area contributed by atoms with E-state index in [4.69, 9.17) is 10.00 Å². The zero-order valence-corrected chi connectivity index (χ0v) is 16.3. The molecule has 4 heterocycles. The molecule has 4 rings (SSSR count). The van der Waals surface area contributed by atoms with E-state index in [0.29, 0.717) is 22.7 Å². The monoisotopic (exact) mass is 421 g/mol. The first kappa shape index (κ1) is 20.0. The van der Waals surface area contributed by atoms with Crippen LogP contribution >= 0.6 is 0 Å². The Hall–Kier alpha value is -4.33. The van der Waals surface area contributed by atoms with Crippen molar-refractivity contribution in [2.24, 2.45) is 0 Å². The molecule has 1 atom stereocenters. The summed E-state index contributed by atoms with van der Waals surface area (Å²) in [5, 5.41) is 15.4. The van der Waals surface area contributed by atoms with E-state index in [1.165, 1.54) is 35.2 Å². The number of fused-ring (bicyclic) bond motifs is 1.